The molecule has 2 N–H and O–H groups in total. The van der Waals surface area contributed by atoms with Crippen LogP contribution in [0.1, 0.15) is 19.8 Å². The van der Waals surface area contributed by atoms with E-state index in [1.165, 1.54) is 0 Å². The lowest BCUT2D eigenvalue weighted by Crippen LogP contribution is -1.99. The first-order chi connectivity index (χ1) is 7.72. The van der Waals surface area contributed by atoms with Gasteiger partial charge < -0.3 is 5.73 Å². The molecule has 0 aliphatic heterocycles. The molecule has 0 saturated carbocycles. The van der Waals surface area contributed by atoms with Crippen LogP contribution in [-0.2, 0) is 13.6 Å². The average Bonchev–Trinajstić information content (AvgIpc) is 2.82. The Hall–Kier alpha value is -1.78. The Morgan fingerprint density at radius 3 is 2.88 bits per heavy atom. The van der Waals surface area contributed by atoms with E-state index in [4.69, 9.17) is 5.73 Å². The Bertz CT molecular complexity index is 468. The van der Waals surface area contributed by atoms with Crippen molar-refractivity contribution < 1.29 is 0 Å². The third kappa shape index (κ3) is 1.93. The lowest BCUT2D eigenvalue weighted by molar-refractivity contribution is 0.572. The van der Waals surface area contributed by atoms with Crippen LogP contribution in [-0.4, -0.2) is 19.6 Å². The van der Waals surface area contributed by atoms with Gasteiger partial charge in [0, 0.05) is 26.0 Å². The molecule has 0 fully saturated rings. The van der Waals surface area contributed by atoms with Crippen LogP contribution in [0.3, 0.4) is 0 Å². The smallest absolute Gasteiger partial charge is 0.133 e. The zero-order chi connectivity index (χ0) is 11.5. The predicted molar refractivity (Wildman–Crippen MR) is 63.7 cm³/mol. The first kappa shape index (κ1) is 10.7. The molecule has 2 rings (SSSR count). The largest absolute Gasteiger partial charge is 0.396 e. The summed E-state index contributed by atoms with van der Waals surface area (Å²) in [5.74, 6) is 0. The van der Waals surface area contributed by atoms with E-state index in [9.17, 15) is 0 Å². The maximum absolute atomic E-state index is 5.95. The van der Waals surface area contributed by atoms with E-state index in [0.717, 1.165) is 30.8 Å². The van der Waals surface area contributed by atoms with E-state index in [2.05, 4.69) is 17.1 Å². The molecule has 16 heavy (non-hydrogen) atoms. The minimum Gasteiger partial charge on any atom is -0.396 e. The Labute approximate surface area is 94.9 Å². The number of nitrogens with zero attached hydrogens (tertiary/aromatic N) is 4. The molecule has 0 aliphatic carbocycles. The van der Waals surface area contributed by atoms with E-state index in [1.807, 2.05) is 24.0 Å². The number of hydrogen-bond donors (Lipinski definition) is 1. The van der Waals surface area contributed by atoms with Crippen molar-refractivity contribution in [1.29, 1.82) is 0 Å². The highest BCUT2D eigenvalue weighted by Gasteiger charge is 2.11. The number of nitrogens with two attached hydrogens (primary N) is 1. The van der Waals surface area contributed by atoms with Crippen molar-refractivity contribution in [3.63, 3.8) is 0 Å². The summed E-state index contributed by atoms with van der Waals surface area (Å²) in [6.07, 6.45) is 5.91. The van der Waals surface area contributed by atoms with Crippen molar-refractivity contribution in [3.8, 4) is 11.4 Å². The molecule has 2 heterocycles. The number of hydrogen-bond acceptors (Lipinski definition) is 3. The predicted octanol–water partition coefficient (Wildman–Crippen LogP) is 1.67. The van der Waals surface area contributed by atoms with Crippen molar-refractivity contribution in [1.82, 2.24) is 19.6 Å². The van der Waals surface area contributed by atoms with Gasteiger partial charge in [-0.1, -0.05) is 13.3 Å². The zero-order valence-electron chi connectivity index (χ0n) is 9.72. The van der Waals surface area contributed by atoms with E-state index in [-0.39, 0.29) is 0 Å². The summed E-state index contributed by atoms with van der Waals surface area (Å²) >= 11 is 0. The van der Waals surface area contributed by atoms with Gasteiger partial charge in [0.2, 0.25) is 0 Å². The van der Waals surface area contributed by atoms with Gasteiger partial charge in [0.05, 0.1) is 11.4 Å². The summed E-state index contributed by atoms with van der Waals surface area (Å²) in [5.41, 5.74) is 8.42. The number of aromatic nitrogens is 4. The molecule has 86 valence electrons. The van der Waals surface area contributed by atoms with Gasteiger partial charge in [0.15, 0.2) is 0 Å². The van der Waals surface area contributed by atoms with E-state index < -0.39 is 0 Å². The van der Waals surface area contributed by atoms with Crippen molar-refractivity contribution in [2.75, 3.05) is 5.73 Å². The lowest BCUT2D eigenvalue weighted by Gasteiger charge is -1.99. The number of aryl methyl sites for hydroxylation is 2. The third-order valence-electron chi connectivity index (χ3n) is 2.59. The molecule has 0 aromatic carbocycles. The molecule has 0 atom stereocenters. The normalized spacial score (nSPS) is 10.9. The van der Waals surface area contributed by atoms with Crippen molar-refractivity contribution in [2.45, 2.75) is 26.3 Å². The quantitative estimate of drug-likeness (QED) is 0.850. The summed E-state index contributed by atoms with van der Waals surface area (Å²) in [4.78, 5) is 0. The van der Waals surface area contributed by atoms with Gasteiger partial charge in [-0.2, -0.15) is 10.2 Å². The summed E-state index contributed by atoms with van der Waals surface area (Å²) in [5, 5.41) is 8.60. The number of unbranched alkanes of at least 4 members (excludes halogenated alkanes) is 1. The molecule has 2 aromatic heterocycles. The summed E-state index contributed by atoms with van der Waals surface area (Å²) < 4.78 is 3.68. The minimum absolute atomic E-state index is 0.708. The second kappa shape index (κ2) is 4.38. The highest BCUT2D eigenvalue weighted by Crippen LogP contribution is 2.22. The Kier molecular flexibility index (Phi) is 2.94. The van der Waals surface area contributed by atoms with Gasteiger partial charge in [0.25, 0.3) is 0 Å². The standard InChI is InChI=1S/C11H17N5/c1-3-4-7-16-8-9(12)11(14-16)10-5-6-13-15(10)2/h5-6,8H,3-4,7,12H2,1-2H3. The molecule has 2 aromatic rings. The molecular formula is C11H17N5. The first-order valence-electron chi connectivity index (χ1n) is 5.53. The van der Waals surface area contributed by atoms with E-state index in [0.29, 0.717) is 5.69 Å². The molecule has 0 aliphatic rings. The molecule has 0 bridgehead atoms. The SMILES string of the molecule is CCCCn1cc(N)c(-c2ccnn2C)n1. The Balaban J connectivity index is 2.28. The molecule has 5 heteroatoms. The Morgan fingerprint density at radius 2 is 2.25 bits per heavy atom. The molecule has 5 nitrogen and oxygen atoms in total. The van der Waals surface area contributed by atoms with Gasteiger partial charge >= 0.3 is 0 Å². The fourth-order valence-electron chi connectivity index (χ4n) is 1.68. The van der Waals surface area contributed by atoms with Crippen LogP contribution < -0.4 is 5.73 Å². The summed E-state index contributed by atoms with van der Waals surface area (Å²) in [7, 11) is 1.89. The van der Waals surface area contributed by atoms with Crippen molar-refractivity contribution in [2.24, 2.45) is 7.05 Å². The molecular weight excluding hydrogens is 202 g/mol. The van der Waals surface area contributed by atoms with Gasteiger partial charge in [-0.05, 0) is 12.5 Å². The zero-order valence-corrected chi connectivity index (χ0v) is 9.72. The number of rotatable bonds is 4. The molecule has 0 saturated heterocycles. The van der Waals surface area contributed by atoms with E-state index in [1.54, 1.807) is 10.9 Å². The second-order valence-corrected chi connectivity index (χ2v) is 3.89. The highest BCUT2D eigenvalue weighted by atomic mass is 15.3. The number of nitrogen functional groups attached to an aromatic ring is 1. The van der Waals surface area contributed by atoms with Crippen LogP contribution in [0.4, 0.5) is 5.69 Å². The maximum atomic E-state index is 5.95. The monoisotopic (exact) mass is 219 g/mol. The second-order valence-electron chi connectivity index (χ2n) is 3.89. The molecule has 0 spiro atoms. The van der Waals surface area contributed by atoms with Gasteiger partial charge in [-0.15, -0.1) is 0 Å². The summed E-state index contributed by atoms with van der Waals surface area (Å²) in [6.45, 7) is 3.08. The third-order valence-corrected chi connectivity index (χ3v) is 2.59. The molecule has 0 amide bonds. The minimum atomic E-state index is 0.708. The fraction of sp³-hybridized carbons (Fsp3) is 0.455. The van der Waals surface area contributed by atoms with Gasteiger partial charge in [-0.25, -0.2) is 0 Å². The first-order valence-corrected chi connectivity index (χ1v) is 5.53. The van der Waals surface area contributed by atoms with Crippen molar-refractivity contribution >= 4 is 5.69 Å². The Morgan fingerprint density at radius 1 is 1.44 bits per heavy atom. The molecule has 0 unspecified atom stereocenters. The van der Waals surface area contributed by atoms with Gasteiger partial charge in [-0.3, -0.25) is 9.36 Å². The lowest BCUT2D eigenvalue weighted by atomic mass is 10.3. The molecule has 0 radical (unpaired) electrons. The van der Waals surface area contributed by atoms with Crippen LogP contribution >= 0.6 is 0 Å². The van der Waals surface area contributed by atoms with Gasteiger partial charge in [0.1, 0.15) is 5.69 Å². The van der Waals surface area contributed by atoms with Crippen molar-refractivity contribution in [3.05, 3.63) is 18.5 Å². The summed E-state index contributed by atoms with van der Waals surface area (Å²) in [6, 6.07) is 1.92. The van der Waals surface area contributed by atoms with Crippen LogP contribution in [0.25, 0.3) is 11.4 Å². The van der Waals surface area contributed by atoms with Crippen LogP contribution in [0.15, 0.2) is 18.5 Å². The topological polar surface area (TPSA) is 61.7 Å². The van der Waals surface area contributed by atoms with E-state index >= 15 is 0 Å². The highest BCUT2D eigenvalue weighted by molar-refractivity contribution is 5.69. The van der Waals surface area contributed by atoms with Crippen LogP contribution in [0, 0.1) is 0 Å². The number of anilines is 1. The van der Waals surface area contributed by atoms with Crippen LogP contribution in [0.2, 0.25) is 0 Å². The maximum Gasteiger partial charge on any atom is 0.133 e. The average molecular weight is 219 g/mol. The van der Waals surface area contributed by atoms with Crippen LogP contribution in [0.5, 0.6) is 0 Å². The fourth-order valence-corrected chi connectivity index (χ4v) is 1.68.